The maximum atomic E-state index is 12.5. The van der Waals surface area contributed by atoms with E-state index in [0.717, 1.165) is 43.9 Å². The quantitative estimate of drug-likeness (QED) is 0.843. The van der Waals surface area contributed by atoms with Crippen molar-refractivity contribution in [1.82, 2.24) is 9.80 Å². The Hall–Kier alpha value is -1.55. The summed E-state index contributed by atoms with van der Waals surface area (Å²) < 4.78 is 0. The minimum atomic E-state index is 0.133. The second-order valence-corrected chi connectivity index (χ2v) is 5.21. The molecule has 1 amide bonds. The lowest BCUT2D eigenvalue weighted by Crippen LogP contribution is -2.48. The molecule has 0 radical (unpaired) electrons. The second kappa shape index (κ2) is 6.06. The molecule has 104 valence electrons. The Bertz CT molecular complexity index is 451. The van der Waals surface area contributed by atoms with Crippen molar-refractivity contribution in [2.24, 2.45) is 0 Å². The summed E-state index contributed by atoms with van der Waals surface area (Å²) in [5, 5.41) is 0. The first-order chi connectivity index (χ1) is 9.11. The van der Waals surface area contributed by atoms with E-state index in [1.807, 2.05) is 24.0 Å². The van der Waals surface area contributed by atoms with Crippen molar-refractivity contribution >= 4 is 11.6 Å². The third-order valence-electron chi connectivity index (χ3n) is 3.68. The van der Waals surface area contributed by atoms with E-state index in [2.05, 4.69) is 11.8 Å². The molecule has 0 bridgehead atoms. The zero-order valence-electron chi connectivity index (χ0n) is 11.9. The second-order valence-electron chi connectivity index (χ2n) is 5.21. The molecule has 4 heteroatoms. The van der Waals surface area contributed by atoms with E-state index in [9.17, 15) is 4.79 Å². The van der Waals surface area contributed by atoms with Crippen molar-refractivity contribution in [2.45, 2.75) is 20.3 Å². The van der Waals surface area contributed by atoms with Crippen LogP contribution >= 0.6 is 0 Å². The summed E-state index contributed by atoms with van der Waals surface area (Å²) in [7, 11) is 0. The van der Waals surface area contributed by atoms with Gasteiger partial charge in [0.25, 0.3) is 5.91 Å². The summed E-state index contributed by atoms with van der Waals surface area (Å²) in [5.74, 6) is 0.133. The number of carbonyl (C=O) groups excluding carboxylic acids is 1. The van der Waals surface area contributed by atoms with E-state index < -0.39 is 0 Å². The molecule has 2 N–H and O–H groups in total. The van der Waals surface area contributed by atoms with E-state index in [1.165, 1.54) is 6.42 Å². The first kappa shape index (κ1) is 13.9. The van der Waals surface area contributed by atoms with E-state index in [1.54, 1.807) is 6.07 Å². The number of nitrogens with zero attached hydrogens (tertiary/aromatic N) is 2. The number of amides is 1. The molecule has 1 aromatic carbocycles. The van der Waals surface area contributed by atoms with Gasteiger partial charge in [-0.2, -0.15) is 0 Å². The summed E-state index contributed by atoms with van der Waals surface area (Å²) in [4.78, 5) is 16.8. The summed E-state index contributed by atoms with van der Waals surface area (Å²) >= 11 is 0. The van der Waals surface area contributed by atoms with Gasteiger partial charge in [-0.05, 0) is 43.7 Å². The summed E-state index contributed by atoms with van der Waals surface area (Å²) in [6.45, 7) is 8.86. The molecule has 19 heavy (non-hydrogen) atoms. The van der Waals surface area contributed by atoms with Crippen molar-refractivity contribution in [3.63, 3.8) is 0 Å². The molecule has 0 aliphatic carbocycles. The van der Waals surface area contributed by atoms with Crippen LogP contribution in [-0.2, 0) is 0 Å². The molecular weight excluding hydrogens is 238 g/mol. The third-order valence-corrected chi connectivity index (χ3v) is 3.68. The Balaban J connectivity index is 2.01. The zero-order chi connectivity index (χ0) is 13.8. The molecule has 1 aromatic rings. The van der Waals surface area contributed by atoms with Crippen LogP contribution in [0.5, 0.6) is 0 Å². The van der Waals surface area contributed by atoms with Crippen molar-refractivity contribution < 1.29 is 4.79 Å². The van der Waals surface area contributed by atoms with Crippen LogP contribution in [0.25, 0.3) is 0 Å². The Labute approximate surface area is 115 Å². The summed E-state index contributed by atoms with van der Waals surface area (Å²) in [6, 6.07) is 5.50. The minimum absolute atomic E-state index is 0.133. The average molecular weight is 261 g/mol. The van der Waals surface area contributed by atoms with Gasteiger partial charge in [0.05, 0.1) is 0 Å². The maximum absolute atomic E-state index is 12.5. The number of rotatable bonds is 3. The van der Waals surface area contributed by atoms with Crippen molar-refractivity contribution in [3.8, 4) is 0 Å². The minimum Gasteiger partial charge on any atom is -0.399 e. The Kier molecular flexibility index (Phi) is 4.43. The van der Waals surface area contributed by atoms with Crippen LogP contribution in [0.15, 0.2) is 18.2 Å². The van der Waals surface area contributed by atoms with Gasteiger partial charge in [0.2, 0.25) is 0 Å². The van der Waals surface area contributed by atoms with E-state index in [4.69, 9.17) is 5.73 Å². The number of benzene rings is 1. The SMILES string of the molecule is CCCN1CCN(C(=O)c2ccc(N)cc2C)CC1. The Morgan fingerprint density at radius 1 is 1.26 bits per heavy atom. The van der Waals surface area contributed by atoms with Crippen LogP contribution in [-0.4, -0.2) is 48.4 Å². The first-order valence-electron chi connectivity index (χ1n) is 6.99. The highest BCUT2D eigenvalue weighted by Gasteiger charge is 2.22. The van der Waals surface area contributed by atoms with Crippen molar-refractivity contribution in [3.05, 3.63) is 29.3 Å². The van der Waals surface area contributed by atoms with Gasteiger partial charge < -0.3 is 10.6 Å². The van der Waals surface area contributed by atoms with Crippen LogP contribution in [0.3, 0.4) is 0 Å². The molecular formula is C15H23N3O. The maximum Gasteiger partial charge on any atom is 0.254 e. The van der Waals surface area contributed by atoms with Gasteiger partial charge in [-0.3, -0.25) is 9.69 Å². The zero-order valence-corrected chi connectivity index (χ0v) is 11.9. The van der Waals surface area contributed by atoms with Crippen LogP contribution in [0, 0.1) is 6.92 Å². The van der Waals surface area contributed by atoms with Gasteiger partial charge >= 0.3 is 0 Å². The van der Waals surface area contributed by atoms with Crippen LogP contribution in [0.1, 0.15) is 29.3 Å². The standard InChI is InChI=1S/C15H23N3O/c1-3-6-17-7-9-18(10-8-17)15(19)14-5-4-13(16)11-12(14)2/h4-5,11H,3,6-10,16H2,1-2H3. The lowest BCUT2D eigenvalue weighted by molar-refractivity contribution is 0.0637. The fourth-order valence-corrected chi connectivity index (χ4v) is 2.59. The van der Waals surface area contributed by atoms with Gasteiger partial charge in [0, 0.05) is 37.4 Å². The molecule has 2 rings (SSSR count). The van der Waals surface area contributed by atoms with Gasteiger partial charge in [0.15, 0.2) is 0 Å². The normalized spacial score (nSPS) is 16.6. The highest BCUT2D eigenvalue weighted by Crippen LogP contribution is 2.16. The molecule has 1 saturated heterocycles. The van der Waals surface area contributed by atoms with Crippen LogP contribution < -0.4 is 5.73 Å². The number of hydrogen-bond donors (Lipinski definition) is 1. The fraction of sp³-hybridized carbons (Fsp3) is 0.533. The topological polar surface area (TPSA) is 49.6 Å². The van der Waals surface area contributed by atoms with Gasteiger partial charge in [-0.25, -0.2) is 0 Å². The van der Waals surface area contributed by atoms with Gasteiger partial charge in [0.1, 0.15) is 0 Å². The fourth-order valence-electron chi connectivity index (χ4n) is 2.59. The third kappa shape index (κ3) is 3.26. The molecule has 0 aromatic heterocycles. The molecule has 4 nitrogen and oxygen atoms in total. The lowest BCUT2D eigenvalue weighted by atomic mass is 10.1. The van der Waals surface area contributed by atoms with Crippen LogP contribution in [0.4, 0.5) is 5.69 Å². The number of anilines is 1. The average Bonchev–Trinajstić information content (AvgIpc) is 2.39. The summed E-state index contributed by atoms with van der Waals surface area (Å²) in [6.07, 6.45) is 1.17. The number of nitrogen functional groups attached to an aromatic ring is 1. The number of hydrogen-bond acceptors (Lipinski definition) is 3. The Morgan fingerprint density at radius 2 is 1.95 bits per heavy atom. The highest BCUT2D eigenvalue weighted by atomic mass is 16.2. The highest BCUT2D eigenvalue weighted by molar-refractivity contribution is 5.96. The smallest absolute Gasteiger partial charge is 0.254 e. The first-order valence-corrected chi connectivity index (χ1v) is 6.99. The predicted molar refractivity (Wildman–Crippen MR) is 78.2 cm³/mol. The largest absolute Gasteiger partial charge is 0.399 e. The molecule has 0 saturated carbocycles. The number of carbonyl (C=O) groups is 1. The van der Waals surface area contributed by atoms with Crippen molar-refractivity contribution in [2.75, 3.05) is 38.5 Å². The molecule has 1 aliphatic heterocycles. The number of nitrogens with two attached hydrogens (primary N) is 1. The molecule has 1 fully saturated rings. The number of aryl methyl sites for hydroxylation is 1. The predicted octanol–water partition coefficient (Wildman–Crippen LogP) is 1.75. The Morgan fingerprint density at radius 3 is 2.53 bits per heavy atom. The number of piperazine rings is 1. The van der Waals surface area contributed by atoms with E-state index in [0.29, 0.717) is 5.69 Å². The lowest BCUT2D eigenvalue weighted by Gasteiger charge is -2.34. The molecule has 1 aliphatic rings. The molecule has 1 heterocycles. The molecule has 0 atom stereocenters. The summed E-state index contributed by atoms with van der Waals surface area (Å²) in [5.41, 5.74) is 8.17. The van der Waals surface area contributed by atoms with E-state index in [-0.39, 0.29) is 5.91 Å². The monoisotopic (exact) mass is 261 g/mol. The van der Waals surface area contributed by atoms with E-state index >= 15 is 0 Å². The molecule has 0 spiro atoms. The van der Waals surface area contributed by atoms with Crippen LogP contribution in [0.2, 0.25) is 0 Å². The molecule has 0 unspecified atom stereocenters. The van der Waals surface area contributed by atoms with Gasteiger partial charge in [-0.15, -0.1) is 0 Å². The van der Waals surface area contributed by atoms with Gasteiger partial charge in [-0.1, -0.05) is 6.92 Å². The van der Waals surface area contributed by atoms with Crippen molar-refractivity contribution in [1.29, 1.82) is 0 Å².